The summed E-state index contributed by atoms with van der Waals surface area (Å²) in [6.45, 7) is 14.9. The second kappa shape index (κ2) is 7.79. The zero-order valence-electron chi connectivity index (χ0n) is 15.4. The van der Waals surface area contributed by atoms with Crippen LogP contribution in [0.15, 0.2) is 36.4 Å². The second-order valence-electron chi connectivity index (χ2n) is 6.95. The summed E-state index contributed by atoms with van der Waals surface area (Å²) in [5, 5.41) is 0. The van der Waals surface area contributed by atoms with Gasteiger partial charge in [0.2, 0.25) is 0 Å². The lowest BCUT2D eigenvalue weighted by Gasteiger charge is -2.21. The molecule has 1 nitrogen and oxygen atoms in total. The highest BCUT2D eigenvalue weighted by atomic mass is 16.5. The maximum Gasteiger partial charge on any atom is 0.0532 e. The standard InChI is InChI=1S/C22H30O/c1-15-9-7-10-16(2)21(15)19(5)13-23-14-20(6)22-17(3)11-8-12-18(22)4/h7-12,19-20H,13-14H2,1-6H3. The predicted molar refractivity (Wildman–Crippen MR) is 99.5 cm³/mol. The Kier molecular flexibility index (Phi) is 6.01. The zero-order valence-corrected chi connectivity index (χ0v) is 15.4. The summed E-state index contributed by atoms with van der Waals surface area (Å²) in [5.74, 6) is 0.864. The van der Waals surface area contributed by atoms with Gasteiger partial charge in [-0.15, -0.1) is 0 Å². The summed E-state index contributed by atoms with van der Waals surface area (Å²) >= 11 is 0. The lowest BCUT2D eigenvalue weighted by atomic mass is 9.92. The molecule has 0 N–H and O–H groups in total. The van der Waals surface area contributed by atoms with Crippen LogP contribution in [0.1, 0.15) is 59.1 Å². The number of aryl methyl sites for hydroxylation is 4. The normalized spacial score (nSPS) is 13.8. The number of ether oxygens (including phenoxy) is 1. The van der Waals surface area contributed by atoms with Crippen molar-refractivity contribution in [2.24, 2.45) is 0 Å². The van der Waals surface area contributed by atoms with Gasteiger partial charge >= 0.3 is 0 Å². The fourth-order valence-electron chi connectivity index (χ4n) is 3.80. The van der Waals surface area contributed by atoms with E-state index in [4.69, 9.17) is 4.74 Å². The van der Waals surface area contributed by atoms with E-state index in [0.29, 0.717) is 11.8 Å². The Balaban J connectivity index is 1.97. The van der Waals surface area contributed by atoms with Crippen LogP contribution in [0.4, 0.5) is 0 Å². The van der Waals surface area contributed by atoms with Crippen molar-refractivity contribution in [1.29, 1.82) is 0 Å². The van der Waals surface area contributed by atoms with Gasteiger partial charge in [0.1, 0.15) is 0 Å². The van der Waals surface area contributed by atoms with E-state index in [1.807, 2.05) is 0 Å². The first kappa shape index (κ1) is 17.7. The molecular formula is C22H30O. The van der Waals surface area contributed by atoms with E-state index in [1.165, 1.54) is 33.4 Å². The van der Waals surface area contributed by atoms with Crippen molar-refractivity contribution in [3.05, 3.63) is 69.8 Å². The van der Waals surface area contributed by atoms with Crippen molar-refractivity contribution in [1.82, 2.24) is 0 Å². The average molecular weight is 310 g/mol. The average Bonchev–Trinajstić information content (AvgIpc) is 2.46. The smallest absolute Gasteiger partial charge is 0.0532 e. The minimum Gasteiger partial charge on any atom is -0.380 e. The molecule has 0 aromatic heterocycles. The maximum absolute atomic E-state index is 6.09. The summed E-state index contributed by atoms with van der Waals surface area (Å²) in [6.07, 6.45) is 0. The first-order valence-corrected chi connectivity index (χ1v) is 8.61. The molecule has 0 aliphatic rings. The van der Waals surface area contributed by atoms with Gasteiger partial charge in [-0.2, -0.15) is 0 Å². The molecule has 0 aliphatic carbocycles. The van der Waals surface area contributed by atoms with Crippen LogP contribution < -0.4 is 0 Å². The Labute approximate surface area is 141 Å². The van der Waals surface area contributed by atoms with Crippen molar-refractivity contribution in [2.75, 3.05) is 13.2 Å². The first-order chi connectivity index (χ1) is 10.9. The molecule has 2 aromatic carbocycles. The van der Waals surface area contributed by atoms with E-state index in [0.717, 1.165) is 13.2 Å². The van der Waals surface area contributed by atoms with Gasteiger partial charge in [-0.1, -0.05) is 50.2 Å². The number of hydrogen-bond acceptors (Lipinski definition) is 1. The SMILES string of the molecule is Cc1cccc(C)c1C(C)COCC(C)c1c(C)cccc1C. The molecular weight excluding hydrogens is 280 g/mol. The molecule has 23 heavy (non-hydrogen) atoms. The Morgan fingerprint density at radius 2 is 0.957 bits per heavy atom. The third kappa shape index (κ3) is 4.23. The predicted octanol–water partition coefficient (Wildman–Crippen LogP) is 5.84. The minimum atomic E-state index is 0.432. The van der Waals surface area contributed by atoms with Crippen LogP contribution in [-0.4, -0.2) is 13.2 Å². The Morgan fingerprint density at radius 3 is 1.26 bits per heavy atom. The molecule has 0 radical (unpaired) electrons. The fourth-order valence-corrected chi connectivity index (χ4v) is 3.80. The molecule has 124 valence electrons. The molecule has 1 heteroatoms. The second-order valence-corrected chi connectivity index (χ2v) is 6.95. The molecule has 0 bridgehead atoms. The Hall–Kier alpha value is -1.60. The summed E-state index contributed by atoms with van der Waals surface area (Å²) < 4.78 is 6.09. The van der Waals surface area contributed by atoms with E-state index < -0.39 is 0 Å². The van der Waals surface area contributed by atoms with Gasteiger partial charge in [-0.3, -0.25) is 0 Å². The van der Waals surface area contributed by atoms with Gasteiger partial charge in [0.05, 0.1) is 13.2 Å². The molecule has 0 heterocycles. The quantitative estimate of drug-likeness (QED) is 0.651. The molecule has 2 unspecified atom stereocenters. The first-order valence-electron chi connectivity index (χ1n) is 8.61. The van der Waals surface area contributed by atoms with Crippen molar-refractivity contribution >= 4 is 0 Å². The van der Waals surface area contributed by atoms with Crippen molar-refractivity contribution < 1.29 is 4.74 Å². The van der Waals surface area contributed by atoms with Crippen LogP contribution in [-0.2, 0) is 4.74 Å². The van der Waals surface area contributed by atoms with E-state index in [2.05, 4.69) is 77.9 Å². The summed E-state index contributed by atoms with van der Waals surface area (Å²) in [7, 11) is 0. The lowest BCUT2D eigenvalue weighted by molar-refractivity contribution is 0.113. The van der Waals surface area contributed by atoms with Crippen molar-refractivity contribution in [3.8, 4) is 0 Å². The van der Waals surface area contributed by atoms with Crippen LogP contribution in [0.3, 0.4) is 0 Å². The molecule has 0 fully saturated rings. The molecule has 0 aliphatic heterocycles. The zero-order chi connectivity index (χ0) is 17.0. The van der Waals surface area contributed by atoms with E-state index in [9.17, 15) is 0 Å². The minimum absolute atomic E-state index is 0.432. The van der Waals surface area contributed by atoms with E-state index in [-0.39, 0.29) is 0 Å². The highest BCUT2D eigenvalue weighted by Crippen LogP contribution is 2.26. The Morgan fingerprint density at radius 1 is 0.652 bits per heavy atom. The van der Waals surface area contributed by atoms with Crippen molar-refractivity contribution in [2.45, 2.75) is 53.4 Å². The third-order valence-electron chi connectivity index (χ3n) is 4.81. The van der Waals surface area contributed by atoms with Crippen LogP contribution in [0.25, 0.3) is 0 Å². The highest BCUT2D eigenvalue weighted by molar-refractivity contribution is 5.37. The van der Waals surface area contributed by atoms with E-state index >= 15 is 0 Å². The van der Waals surface area contributed by atoms with Crippen LogP contribution in [0, 0.1) is 27.7 Å². The van der Waals surface area contributed by atoms with Crippen molar-refractivity contribution in [3.63, 3.8) is 0 Å². The lowest BCUT2D eigenvalue weighted by Crippen LogP contribution is -2.13. The van der Waals surface area contributed by atoms with Gasteiger partial charge in [0, 0.05) is 11.8 Å². The third-order valence-corrected chi connectivity index (χ3v) is 4.81. The summed E-state index contributed by atoms with van der Waals surface area (Å²) in [6, 6.07) is 13.0. The number of rotatable bonds is 6. The molecule has 0 saturated heterocycles. The number of benzene rings is 2. The van der Waals surface area contributed by atoms with Crippen LogP contribution in [0.2, 0.25) is 0 Å². The van der Waals surface area contributed by atoms with Gasteiger partial charge in [-0.05, 0) is 61.1 Å². The molecule has 2 rings (SSSR count). The van der Waals surface area contributed by atoms with Crippen LogP contribution in [0.5, 0.6) is 0 Å². The van der Waals surface area contributed by atoms with Gasteiger partial charge in [-0.25, -0.2) is 0 Å². The fraction of sp³-hybridized carbons (Fsp3) is 0.455. The summed E-state index contributed by atoms with van der Waals surface area (Å²) in [4.78, 5) is 0. The van der Waals surface area contributed by atoms with E-state index in [1.54, 1.807) is 0 Å². The molecule has 0 saturated carbocycles. The monoisotopic (exact) mass is 310 g/mol. The molecule has 2 aromatic rings. The Bertz CT molecular complexity index is 559. The number of hydrogen-bond donors (Lipinski definition) is 0. The largest absolute Gasteiger partial charge is 0.380 e. The van der Waals surface area contributed by atoms with Gasteiger partial charge in [0.25, 0.3) is 0 Å². The molecule has 0 spiro atoms. The maximum atomic E-state index is 6.09. The van der Waals surface area contributed by atoms with Crippen LogP contribution >= 0.6 is 0 Å². The highest BCUT2D eigenvalue weighted by Gasteiger charge is 2.14. The molecule has 0 amide bonds. The summed E-state index contributed by atoms with van der Waals surface area (Å²) in [5.41, 5.74) is 8.33. The topological polar surface area (TPSA) is 9.23 Å². The van der Waals surface area contributed by atoms with Gasteiger partial charge in [0.15, 0.2) is 0 Å². The van der Waals surface area contributed by atoms with Gasteiger partial charge < -0.3 is 4.74 Å². The molecule has 2 atom stereocenters.